The second-order valence-electron chi connectivity index (χ2n) is 6.88. The number of Topliss-reactive ketones (excluding diaryl/α,β-unsaturated/α-hetero) is 1. The summed E-state index contributed by atoms with van der Waals surface area (Å²) in [5.41, 5.74) is 1.71. The van der Waals surface area contributed by atoms with Crippen LogP contribution in [0.5, 0.6) is 0 Å². The molecule has 2 aliphatic rings. The number of thiophene rings is 1. The summed E-state index contributed by atoms with van der Waals surface area (Å²) in [4.78, 5) is 43.8. The van der Waals surface area contributed by atoms with Crippen LogP contribution in [0.4, 0.5) is 0 Å². The van der Waals surface area contributed by atoms with Crippen LogP contribution in [0.25, 0.3) is 0 Å². The van der Waals surface area contributed by atoms with Crippen LogP contribution in [-0.2, 0) is 23.9 Å². The summed E-state index contributed by atoms with van der Waals surface area (Å²) in [6, 6.07) is 3.79. The number of hydrogen-bond donors (Lipinski definition) is 0. The highest BCUT2D eigenvalue weighted by Gasteiger charge is 2.51. The maximum Gasteiger partial charge on any atom is 0.336 e. The van der Waals surface area contributed by atoms with Crippen LogP contribution in [0.2, 0.25) is 0 Å². The van der Waals surface area contributed by atoms with Gasteiger partial charge in [-0.3, -0.25) is 14.6 Å². The van der Waals surface area contributed by atoms with Crippen molar-refractivity contribution in [2.24, 2.45) is 22.7 Å². The first-order chi connectivity index (χ1) is 12.9. The van der Waals surface area contributed by atoms with Gasteiger partial charge in [-0.25, -0.2) is 4.79 Å². The molecule has 0 aromatic carbocycles. The molecule has 3 rings (SSSR count). The minimum absolute atomic E-state index is 0.194. The van der Waals surface area contributed by atoms with Gasteiger partial charge in [-0.1, -0.05) is 13.0 Å². The first-order valence-electron chi connectivity index (χ1n) is 9.00. The van der Waals surface area contributed by atoms with Crippen LogP contribution < -0.4 is 0 Å². The minimum Gasteiger partial charge on any atom is -0.468 e. The molecule has 0 N–H and O–H groups in total. The van der Waals surface area contributed by atoms with Crippen molar-refractivity contribution in [3.8, 4) is 0 Å². The lowest BCUT2D eigenvalue weighted by molar-refractivity contribution is -0.152. The van der Waals surface area contributed by atoms with Crippen molar-refractivity contribution in [3.63, 3.8) is 0 Å². The molecule has 1 aromatic rings. The number of fused-ring (bicyclic) bond motifs is 1. The van der Waals surface area contributed by atoms with Crippen molar-refractivity contribution < 1.29 is 23.9 Å². The Morgan fingerprint density at radius 2 is 2.07 bits per heavy atom. The maximum atomic E-state index is 13.4. The third-order valence-corrected chi connectivity index (χ3v) is 6.17. The van der Waals surface area contributed by atoms with E-state index in [-0.39, 0.29) is 18.3 Å². The van der Waals surface area contributed by atoms with Crippen LogP contribution in [0.15, 0.2) is 33.8 Å². The molecular weight excluding hydrogens is 366 g/mol. The molecule has 144 valence electrons. The fraction of sp³-hybridized carbons (Fsp3) is 0.500. The second-order valence-corrected chi connectivity index (χ2v) is 7.86. The third-order valence-electron chi connectivity index (χ3n) is 5.22. The highest BCUT2D eigenvalue weighted by molar-refractivity contribution is 7.10. The number of carbonyl (C=O) groups is 3. The molecule has 0 saturated heterocycles. The molecule has 1 aliphatic carbocycles. The highest BCUT2D eigenvalue weighted by Crippen LogP contribution is 2.46. The first-order valence-corrected chi connectivity index (χ1v) is 9.88. The van der Waals surface area contributed by atoms with E-state index in [0.29, 0.717) is 17.7 Å². The topological polar surface area (TPSA) is 82.0 Å². The summed E-state index contributed by atoms with van der Waals surface area (Å²) in [5.74, 6) is -3.38. The van der Waals surface area contributed by atoms with Gasteiger partial charge >= 0.3 is 11.9 Å². The largest absolute Gasteiger partial charge is 0.468 e. The molecule has 7 heteroatoms. The lowest BCUT2D eigenvalue weighted by atomic mass is 9.65. The molecule has 0 spiro atoms. The van der Waals surface area contributed by atoms with Crippen LogP contribution >= 0.6 is 11.3 Å². The van der Waals surface area contributed by atoms with Gasteiger partial charge in [-0.15, -0.1) is 11.3 Å². The predicted molar refractivity (Wildman–Crippen MR) is 102 cm³/mol. The van der Waals surface area contributed by atoms with Gasteiger partial charge in [0.05, 0.1) is 25.2 Å². The van der Waals surface area contributed by atoms with E-state index < -0.39 is 29.7 Å². The van der Waals surface area contributed by atoms with Crippen molar-refractivity contribution in [3.05, 3.63) is 33.7 Å². The number of aliphatic imine (C=N–C) groups is 1. The van der Waals surface area contributed by atoms with Crippen LogP contribution in [0.3, 0.4) is 0 Å². The molecule has 0 bridgehead atoms. The Morgan fingerprint density at radius 3 is 2.67 bits per heavy atom. The Morgan fingerprint density at radius 1 is 1.33 bits per heavy atom. The van der Waals surface area contributed by atoms with Gasteiger partial charge in [0.1, 0.15) is 5.92 Å². The fourth-order valence-corrected chi connectivity index (χ4v) is 4.96. The molecule has 1 fully saturated rings. The van der Waals surface area contributed by atoms with E-state index in [0.717, 1.165) is 10.6 Å². The molecule has 1 aromatic heterocycles. The van der Waals surface area contributed by atoms with E-state index >= 15 is 0 Å². The van der Waals surface area contributed by atoms with Crippen molar-refractivity contribution >= 4 is 34.8 Å². The van der Waals surface area contributed by atoms with Gasteiger partial charge in [0.25, 0.3) is 0 Å². The van der Waals surface area contributed by atoms with Gasteiger partial charge in [0.2, 0.25) is 0 Å². The fourth-order valence-electron chi connectivity index (χ4n) is 4.09. The molecule has 0 unspecified atom stereocenters. The number of allylic oxidation sites excluding steroid dienone is 1. The van der Waals surface area contributed by atoms with Gasteiger partial charge in [-0.05, 0) is 37.6 Å². The summed E-state index contributed by atoms with van der Waals surface area (Å²) in [5, 5.41) is 1.91. The average molecular weight is 389 g/mol. The molecular formula is C20H23NO5S. The SMILES string of the molecule is CCOC(=O)C1=C(C)N=C2C[C@@H](C)[C@@H](C(=O)OC)C(=O)[C@H]2[C@@H]1c1cccs1. The molecule has 4 atom stereocenters. The smallest absolute Gasteiger partial charge is 0.336 e. The first kappa shape index (κ1) is 19.5. The van der Waals surface area contributed by atoms with E-state index in [9.17, 15) is 14.4 Å². The van der Waals surface area contributed by atoms with Crippen LogP contribution in [0.1, 0.15) is 38.0 Å². The lowest BCUT2D eigenvalue weighted by Crippen LogP contribution is -2.48. The number of carbonyl (C=O) groups excluding carboxylic acids is 3. The van der Waals surface area contributed by atoms with E-state index in [2.05, 4.69) is 4.99 Å². The number of rotatable bonds is 4. The molecule has 2 heterocycles. The monoisotopic (exact) mass is 389 g/mol. The number of hydrogen-bond acceptors (Lipinski definition) is 7. The Labute approximate surface area is 162 Å². The Hall–Kier alpha value is -2.28. The zero-order valence-corrected chi connectivity index (χ0v) is 16.7. The van der Waals surface area contributed by atoms with Gasteiger partial charge in [0, 0.05) is 22.2 Å². The highest BCUT2D eigenvalue weighted by atomic mass is 32.1. The zero-order valence-electron chi connectivity index (χ0n) is 15.9. The molecule has 1 saturated carbocycles. The molecule has 0 radical (unpaired) electrons. The molecule has 1 aliphatic heterocycles. The summed E-state index contributed by atoms with van der Waals surface area (Å²) in [6.07, 6.45) is 0.519. The van der Waals surface area contributed by atoms with Crippen molar-refractivity contribution in [2.75, 3.05) is 13.7 Å². The summed E-state index contributed by atoms with van der Waals surface area (Å²) in [6.45, 7) is 5.62. The Balaban J connectivity index is 2.13. The zero-order chi connectivity index (χ0) is 19.7. The van der Waals surface area contributed by atoms with Gasteiger partial charge in [-0.2, -0.15) is 0 Å². The minimum atomic E-state index is -0.844. The van der Waals surface area contributed by atoms with Gasteiger partial charge < -0.3 is 9.47 Å². The van der Waals surface area contributed by atoms with Crippen LogP contribution in [0, 0.1) is 17.8 Å². The predicted octanol–water partition coefficient (Wildman–Crippen LogP) is 3.14. The Bertz CT molecular complexity index is 823. The van der Waals surface area contributed by atoms with Crippen molar-refractivity contribution in [2.45, 2.75) is 33.1 Å². The number of nitrogens with zero attached hydrogens (tertiary/aromatic N) is 1. The quantitative estimate of drug-likeness (QED) is 0.584. The third kappa shape index (κ3) is 3.36. The van der Waals surface area contributed by atoms with E-state index in [1.165, 1.54) is 18.4 Å². The lowest BCUT2D eigenvalue weighted by Gasteiger charge is -2.39. The number of esters is 2. The maximum absolute atomic E-state index is 13.4. The normalized spacial score (nSPS) is 27.7. The standard InChI is InChI=1S/C20H23NO5S/c1-5-26-20(24)15-11(3)21-12-9-10(2)14(19(23)25-4)18(22)16(12)17(15)13-7-6-8-27-13/h6-8,10,14,16-17H,5,9H2,1-4H3/t10-,14-,16-,17-/m1/s1. The van der Waals surface area contributed by atoms with Crippen molar-refractivity contribution in [1.82, 2.24) is 0 Å². The Kier molecular flexibility index (Phi) is 5.60. The summed E-state index contributed by atoms with van der Waals surface area (Å²) in [7, 11) is 1.29. The molecule has 27 heavy (non-hydrogen) atoms. The molecule has 6 nitrogen and oxygen atoms in total. The van der Waals surface area contributed by atoms with Gasteiger partial charge in [0.15, 0.2) is 5.78 Å². The van der Waals surface area contributed by atoms with E-state index in [1.54, 1.807) is 13.8 Å². The number of methoxy groups -OCH3 is 1. The summed E-state index contributed by atoms with van der Waals surface area (Å²) >= 11 is 1.48. The number of ether oxygens (including phenoxy) is 2. The number of ketones is 1. The summed E-state index contributed by atoms with van der Waals surface area (Å²) < 4.78 is 10.1. The van der Waals surface area contributed by atoms with Crippen LogP contribution in [-0.4, -0.2) is 37.2 Å². The molecule has 0 amide bonds. The van der Waals surface area contributed by atoms with Crippen molar-refractivity contribution in [1.29, 1.82) is 0 Å². The second kappa shape index (κ2) is 7.76. The van der Waals surface area contributed by atoms with E-state index in [4.69, 9.17) is 9.47 Å². The van der Waals surface area contributed by atoms with E-state index in [1.807, 2.05) is 24.4 Å². The average Bonchev–Trinajstić information content (AvgIpc) is 3.14.